The first-order valence-electron chi connectivity index (χ1n) is 4.01. The Morgan fingerprint density at radius 1 is 1.60 bits per heavy atom. The van der Waals surface area contributed by atoms with E-state index in [-0.39, 0.29) is 17.1 Å². The second kappa shape index (κ2) is 4.72. The van der Waals surface area contributed by atoms with Crippen molar-refractivity contribution in [2.45, 2.75) is 6.92 Å². The van der Waals surface area contributed by atoms with Gasteiger partial charge < -0.3 is 0 Å². The summed E-state index contributed by atoms with van der Waals surface area (Å²) in [5.74, 6) is -0.718. The Balaban J connectivity index is 3.46. The van der Waals surface area contributed by atoms with E-state index in [0.29, 0.717) is 4.47 Å². The number of nitro benzene ring substituents is 1. The first kappa shape index (κ1) is 12.1. The van der Waals surface area contributed by atoms with Crippen molar-refractivity contribution in [3.8, 4) is 0 Å². The van der Waals surface area contributed by atoms with Gasteiger partial charge in [-0.25, -0.2) is 0 Å². The van der Waals surface area contributed by atoms with Crippen molar-refractivity contribution in [2.24, 2.45) is 0 Å². The highest BCUT2D eigenvalue weighted by molar-refractivity contribution is 9.10. The molecule has 0 spiro atoms. The molecule has 15 heavy (non-hydrogen) atoms. The van der Waals surface area contributed by atoms with Crippen LogP contribution in [0.25, 0.3) is 0 Å². The minimum atomic E-state index is -0.594. The van der Waals surface area contributed by atoms with E-state index in [0.717, 1.165) is 5.56 Å². The van der Waals surface area contributed by atoms with Gasteiger partial charge >= 0.3 is 0 Å². The molecule has 0 saturated heterocycles. The predicted molar refractivity (Wildman–Crippen MR) is 60.6 cm³/mol. The van der Waals surface area contributed by atoms with Crippen LogP contribution in [-0.2, 0) is 0 Å². The number of ketones is 1. The summed E-state index contributed by atoms with van der Waals surface area (Å²) < 4.78 is 0.293. The lowest BCUT2D eigenvalue weighted by atomic mass is 10.1. The SMILES string of the molecule is Cc1cc(Br)c([N+](=O)[O-])c(C(=O)CCl)c1. The molecule has 0 saturated carbocycles. The number of aryl methyl sites for hydroxylation is 1. The van der Waals surface area contributed by atoms with Gasteiger partial charge in [0.15, 0.2) is 5.78 Å². The first-order chi connectivity index (χ1) is 6.97. The van der Waals surface area contributed by atoms with Gasteiger partial charge in [-0.3, -0.25) is 14.9 Å². The maximum absolute atomic E-state index is 11.4. The molecule has 0 unspecified atom stereocenters. The Bertz CT molecular complexity index is 434. The minimum Gasteiger partial charge on any atom is -0.293 e. The van der Waals surface area contributed by atoms with Gasteiger partial charge in [0, 0.05) is 0 Å². The van der Waals surface area contributed by atoms with Crippen molar-refractivity contribution in [3.63, 3.8) is 0 Å². The molecule has 0 heterocycles. The number of benzene rings is 1. The molecule has 0 aliphatic rings. The minimum absolute atomic E-state index is 0.0434. The molecule has 1 aromatic rings. The third-order valence-electron chi connectivity index (χ3n) is 1.81. The molecule has 0 bridgehead atoms. The molecule has 1 rings (SSSR count). The Morgan fingerprint density at radius 3 is 2.67 bits per heavy atom. The molecule has 0 radical (unpaired) electrons. The zero-order chi connectivity index (χ0) is 11.6. The molecule has 0 fully saturated rings. The van der Waals surface area contributed by atoms with E-state index in [1.54, 1.807) is 13.0 Å². The molecule has 80 valence electrons. The number of nitro groups is 1. The van der Waals surface area contributed by atoms with Crippen molar-refractivity contribution < 1.29 is 9.72 Å². The Kier molecular flexibility index (Phi) is 3.82. The number of hydrogen-bond acceptors (Lipinski definition) is 3. The second-order valence-corrected chi connectivity index (χ2v) is 4.08. The van der Waals surface area contributed by atoms with E-state index in [4.69, 9.17) is 11.6 Å². The molecule has 0 N–H and O–H groups in total. The normalized spacial score (nSPS) is 10.1. The first-order valence-corrected chi connectivity index (χ1v) is 5.33. The van der Waals surface area contributed by atoms with E-state index in [2.05, 4.69) is 15.9 Å². The summed E-state index contributed by atoms with van der Waals surface area (Å²) in [5, 5.41) is 10.8. The van der Waals surface area contributed by atoms with Crippen LogP contribution in [0.2, 0.25) is 0 Å². The fraction of sp³-hybridized carbons (Fsp3) is 0.222. The fourth-order valence-electron chi connectivity index (χ4n) is 1.20. The smallest absolute Gasteiger partial charge is 0.293 e. The summed E-state index contributed by atoms with van der Waals surface area (Å²) in [5.41, 5.74) is 0.578. The largest absolute Gasteiger partial charge is 0.294 e. The van der Waals surface area contributed by atoms with Gasteiger partial charge in [0.25, 0.3) is 5.69 Å². The van der Waals surface area contributed by atoms with E-state index in [1.165, 1.54) is 6.07 Å². The summed E-state index contributed by atoms with van der Waals surface area (Å²) in [6.45, 7) is 1.75. The molecule has 0 aromatic heterocycles. The van der Waals surface area contributed by atoms with Gasteiger partial charge in [0.2, 0.25) is 0 Å². The monoisotopic (exact) mass is 291 g/mol. The zero-order valence-corrected chi connectivity index (χ0v) is 10.1. The molecule has 0 aliphatic heterocycles. The molecule has 0 aliphatic carbocycles. The standard InChI is InChI=1S/C9H7BrClNO3/c1-5-2-6(8(13)4-11)9(12(14)15)7(10)3-5/h2-3H,4H2,1H3. The fourth-order valence-corrected chi connectivity index (χ4v) is 2.07. The number of carbonyl (C=O) groups excluding carboxylic acids is 1. The average molecular weight is 293 g/mol. The number of alkyl halides is 1. The van der Waals surface area contributed by atoms with Crippen molar-refractivity contribution in [2.75, 3.05) is 5.88 Å². The summed E-state index contributed by atoms with van der Waals surface area (Å²) in [6.07, 6.45) is 0. The van der Waals surface area contributed by atoms with Crippen LogP contribution in [0.1, 0.15) is 15.9 Å². The highest BCUT2D eigenvalue weighted by atomic mass is 79.9. The average Bonchev–Trinajstić information content (AvgIpc) is 2.14. The van der Waals surface area contributed by atoms with Crippen LogP contribution in [-0.4, -0.2) is 16.6 Å². The Morgan fingerprint density at radius 2 is 2.20 bits per heavy atom. The number of hydrogen-bond donors (Lipinski definition) is 0. The maximum atomic E-state index is 11.4. The second-order valence-electron chi connectivity index (χ2n) is 2.96. The molecule has 4 nitrogen and oxygen atoms in total. The quantitative estimate of drug-likeness (QED) is 0.372. The van der Waals surface area contributed by atoms with Gasteiger partial charge in [0.1, 0.15) is 0 Å². The van der Waals surface area contributed by atoms with Crippen molar-refractivity contribution >= 4 is 39.0 Å². The van der Waals surface area contributed by atoms with E-state index < -0.39 is 10.7 Å². The summed E-state index contributed by atoms with van der Waals surface area (Å²) in [4.78, 5) is 21.5. The highest BCUT2D eigenvalue weighted by Gasteiger charge is 2.23. The lowest BCUT2D eigenvalue weighted by Crippen LogP contribution is -2.06. The molecule has 0 atom stereocenters. The molecular weight excluding hydrogens is 285 g/mol. The zero-order valence-electron chi connectivity index (χ0n) is 7.79. The van der Waals surface area contributed by atoms with Crippen LogP contribution in [0.3, 0.4) is 0 Å². The maximum Gasteiger partial charge on any atom is 0.294 e. The van der Waals surface area contributed by atoms with Crippen molar-refractivity contribution in [1.82, 2.24) is 0 Å². The Labute approximate surface area is 99.5 Å². The van der Waals surface area contributed by atoms with Crippen LogP contribution in [0.5, 0.6) is 0 Å². The van der Waals surface area contributed by atoms with Crippen LogP contribution < -0.4 is 0 Å². The lowest BCUT2D eigenvalue weighted by Gasteiger charge is -2.03. The summed E-state index contributed by atoms with van der Waals surface area (Å²) >= 11 is 8.44. The van der Waals surface area contributed by atoms with Gasteiger partial charge in [-0.15, -0.1) is 11.6 Å². The predicted octanol–water partition coefficient (Wildman–Crippen LogP) is 3.09. The summed E-state index contributed by atoms with van der Waals surface area (Å²) in [6, 6.07) is 3.05. The van der Waals surface area contributed by atoms with Crippen LogP contribution in [0, 0.1) is 17.0 Å². The number of Topliss-reactive ketones (excluding diaryl/α,β-unsaturated/α-hetero) is 1. The van der Waals surface area contributed by atoms with Crippen LogP contribution >= 0.6 is 27.5 Å². The third-order valence-corrected chi connectivity index (χ3v) is 2.66. The van der Waals surface area contributed by atoms with E-state index in [9.17, 15) is 14.9 Å². The number of nitrogens with zero attached hydrogens (tertiary/aromatic N) is 1. The molecular formula is C9H7BrClNO3. The number of halogens is 2. The van der Waals surface area contributed by atoms with Gasteiger partial charge in [0.05, 0.1) is 20.8 Å². The van der Waals surface area contributed by atoms with E-state index >= 15 is 0 Å². The van der Waals surface area contributed by atoms with Gasteiger partial charge in [-0.1, -0.05) is 0 Å². The third kappa shape index (κ3) is 2.54. The van der Waals surface area contributed by atoms with Crippen LogP contribution in [0.15, 0.2) is 16.6 Å². The topological polar surface area (TPSA) is 60.2 Å². The summed E-state index contributed by atoms with van der Waals surface area (Å²) in [7, 11) is 0. The van der Waals surface area contributed by atoms with Crippen molar-refractivity contribution in [3.05, 3.63) is 37.8 Å². The number of carbonyl (C=O) groups is 1. The molecule has 6 heteroatoms. The highest BCUT2D eigenvalue weighted by Crippen LogP contribution is 2.30. The molecule has 1 aromatic carbocycles. The van der Waals surface area contributed by atoms with Crippen LogP contribution in [0.4, 0.5) is 5.69 Å². The lowest BCUT2D eigenvalue weighted by molar-refractivity contribution is -0.385. The van der Waals surface area contributed by atoms with E-state index in [1.807, 2.05) is 0 Å². The van der Waals surface area contributed by atoms with Crippen molar-refractivity contribution in [1.29, 1.82) is 0 Å². The van der Waals surface area contributed by atoms with Gasteiger partial charge in [-0.05, 0) is 40.5 Å². The Hall–Kier alpha value is -0.940. The van der Waals surface area contributed by atoms with Gasteiger partial charge in [-0.2, -0.15) is 0 Å². The molecule has 0 amide bonds. The number of rotatable bonds is 3.